The second-order valence-corrected chi connectivity index (χ2v) is 26.1. The van der Waals surface area contributed by atoms with Crippen LogP contribution in [-0.4, -0.2) is 87.5 Å². The lowest BCUT2D eigenvalue weighted by Crippen LogP contribution is -2.60. The van der Waals surface area contributed by atoms with Crippen molar-refractivity contribution in [1.29, 1.82) is 0 Å². The Balaban J connectivity index is 2.11. The van der Waals surface area contributed by atoms with E-state index in [1.807, 2.05) is 6.08 Å². The van der Waals surface area contributed by atoms with Gasteiger partial charge in [0.05, 0.1) is 25.4 Å². The van der Waals surface area contributed by atoms with Gasteiger partial charge in [0.15, 0.2) is 6.29 Å². The minimum absolute atomic E-state index is 0.182. The van der Waals surface area contributed by atoms with Crippen LogP contribution in [0.25, 0.3) is 0 Å². The third-order valence-electron chi connectivity index (χ3n) is 17.9. The van der Waals surface area contributed by atoms with E-state index in [1.54, 1.807) is 6.08 Å². The van der Waals surface area contributed by atoms with E-state index in [4.69, 9.17) is 9.47 Å². The molecule has 9 heteroatoms. The van der Waals surface area contributed by atoms with E-state index in [9.17, 15) is 30.3 Å². The van der Waals surface area contributed by atoms with Gasteiger partial charge in [-0.15, -0.1) is 0 Å². The highest BCUT2D eigenvalue weighted by molar-refractivity contribution is 5.76. The number of rotatable bonds is 66. The lowest BCUT2D eigenvalue weighted by atomic mass is 9.99. The minimum Gasteiger partial charge on any atom is -0.394 e. The lowest BCUT2D eigenvalue weighted by Gasteiger charge is -2.40. The number of ether oxygens (including phenoxy) is 2. The highest BCUT2D eigenvalue weighted by atomic mass is 16.7. The fourth-order valence-corrected chi connectivity index (χ4v) is 12.1. The van der Waals surface area contributed by atoms with Gasteiger partial charge in [0.2, 0.25) is 5.91 Å². The zero-order valence-corrected chi connectivity index (χ0v) is 55.7. The lowest BCUT2D eigenvalue weighted by molar-refractivity contribution is -0.302. The van der Waals surface area contributed by atoms with Gasteiger partial charge < -0.3 is 40.3 Å². The minimum atomic E-state index is -1.58. The molecule has 0 aromatic heterocycles. The summed E-state index contributed by atoms with van der Waals surface area (Å²) in [6.07, 6.45) is 80.0. The molecule has 0 spiro atoms. The van der Waals surface area contributed by atoms with E-state index < -0.39 is 49.5 Å². The number of aliphatic hydroxyl groups is 5. The standard InChI is InChI=1S/C75H143NO8/c1-3-5-7-9-11-13-15-17-19-21-23-25-27-29-31-32-33-34-35-36-37-39-41-43-45-47-49-51-53-55-57-59-61-63-65-71(79)76-68(67-83-75-74(82)73(81)72(80)70(66-77)84-75)69(78)64-62-60-58-56-54-52-50-48-46-44-42-40-38-30-28-26-24-22-20-18-16-14-12-10-8-6-4-2/h46,48,54,56,62,64,68-70,72-75,77-78,80-82H,3-45,47,49-53,55,57-61,63,65-67H2,1-2H3,(H,76,79)/b48-46+,56-54+,64-62+. The van der Waals surface area contributed by atoms with Gasteiger partial charge in [0.1, 0.15) is 24.4 Å². The maximum absolute atomic E-state index is 13.1. The van der Waals surface area contributed by atoms with Gasteiger partial charge in [-0.25, -0.2) is 0 Å². The van der Waals surface area contributed by atoms with Crippen molar-refractivity contribution >= 4 is 5.91 Å². The molecular weight excluding hydrogens is 1040 g/mol. The Bertz CT molecular complexity index is 1420. The van der Waals surface area contributed by atoms with E-state index in [0.717, 1.165) is 44.9 Å². The maximum atomic E-state index is 13.1. The number of hydrogen-bond acceptors (Lipinski definition) is 8. The normalized spacial score (nSPS) is 18.3. The van der Waals surface area contributed by atoms with Crippen LogP contribution in [0.4, 0.5) is 0 Å². The van der Waals surface area contributed by atoms with Gasteiger partial charge in [-0.3, -0.25) is 4.79 Å². The highest BCUT2D eigenvalue weighted by Gasteiger charge is 2.44. The molecular formula is C75H143NO8. The molecule has 9 nitrogen and oxygen atoms in total. The van der Waals surface area contributed by atoms with E-state index in [2.05, 4.69) is 43.5 Å². The molecule has 1 heterocycles. The topological polar surface area (TPSA) is 149 Å². The van der Waals surface area contributed by atoms with Crippen molar-refractivity contribution in [3.63, 3.8) is 0 Å². The summed E-state index contributed by atoms with van der Waals surface area (Å²) in [5, 5.41) is 54.8. The quantitative estimate of drug-likeness (QED) is 0.0261. The summed E-state index contributed by atoms with van der Waals surface area (Å²) in [7, 11) is 0. The second-order valence-electron chi connectivity index (χ2n) is 26.1. The van der Waals surface area contributed by atoms with Crippen molar-refractivity contribution in [2.75, 3.05) is 13.2 Å². The molecule has 1 amide bonds. The summed E-state index contributed by atoms with van der Waals surface area (Å²) in [6.45, 7) is 3.82. The molecule has 0 aliphatic carbocycles. The van der Waals surface area contributed by atoms with E-state index in [-0.39, 0.29) is 12.5 Å². The van der Waals surface area contributed by atoms with Crippen molar-refractivity contribution in [2.24, 2.45) is 0 Å². The summed E-state index contributed by atoms with van der Waals surface area (Å²) < 4.78 is 11.3. The molecule has 1 aliphatic heterocycles. The molecule has 0 radical (unpaired) electrons. The van der Waals surface area contributed by atoms with Gasteiger partial charge >= 0.3 is 0 Å². The van der Waals surface area contributed by atoms with Crippen LogP contribution in [0.3, 0.4) is 0 Å². The number of nitrogens with one attached hydrogen (secondary N) is 1. The average Bonchev–Trinajstić information content (AvgIpc) is 3.70. The van der Waals surface area contributed by atoms with E-state index in [1.165, 1.54) is 315 Å². The van der Waals surface area contributed by atoms with Crippen LogP contribution in [-0.2, 0) is 14.3 Å². The molecule has 1 rings (SSSR count). The predicted molar refractivity (Wildman–Crippen MR) is 360 cm³/mol. The molecule has 1 aliphatic rings. The molecule has 496 valence electrons. The molecule has 0 saturated carbocycles. The van der Waals surface area contributed by atoms with Crippen LogP contribution in [0, 0.1) is 0 Å². The Kier molecular flexibility index (Phi) is 61.7. The van der Waals surface area contributed by atoms with Crippen LogP contribution in [0.15, 0.2) is 36.5 Å². The first-order valence-electron chi connectivity index (χ1n) is 37.2. The highest BCUT2D eigenvalue weighted by Crippen LogP contribution is 2.24. The number of carbonyl (C=O) groups excluding carboxylic acids is 1. The van der Waals surface area contributed by atoms with Crippen molar-refractivity contribution in [3.8, 4) is 0 Å². The Morgan fingerprint density at radius 2 is 0.679 bits per heavy atom. The zero-order chi connectivity index (χ0) is 60.7. The van der Waals surface area contributed by atoms with E-state index >= 15 is 0 Å². The fraction of sp³-hybridized carbons (Fsp3) is 0.907. The number of hydrogen-bond donors (Lipinski definition) is 6. The van der Waals surface area contributed by atoms with Crippen LogP contribution < -0.4 is 5.32 Å². The van der Waals surface area contributed by atoms with Gasteiger partial charge in [-0.1, -0.05) is 365 Å². The Hall–Kier alpha value is -1.59. The van der Waals surface area contributed by atoms with Gasteiger partial charge in [-0.2, -0.15) is 0 Å². The molecule has 1 saturated heterocycles. The average molecular weight is 1190 g/mol. The molecule has 84 heavy (non-hydrogen) atoms. The maximum Gasteiger partial charge on any atom is 0.220 e. The number of unbranched alkanes of at least 4 members (excludes halogenated alkanes) is 52. The molecule has 0 bridgehead atoms. The van der Waals surface area contributed by atoms with Gasteiger partial charge in [-0.05, 0) is 44.9 Å². The van der Waals surface area contributed by atoms with Crippen LogP contribution >= 0.6 is 0 Å². The SMILES string of the molecule is CCCCCCCCCCCCCCCCCCC/C=C/CC/C=C/CC/C=C/C(O)C(COC1OC(CO)C(O)C(O)C1O)NC(=O)CCCCCCCCCCCCCCCCCCCCCCCCCCCCCCCCCCCC. The predicted octanol–water partition coefficient (Wildman–Crippen LogP) is 20.6. The third kappa shape index (κ3) is 52.4. The number of aliphatic hydroxyl groups excluding tert-OH is 5. The van der Waals surface area contributed by atoms with Crippen molar-refractivity contribution in [1.82, 2.24) is 5.32 Å². The van der Waals surface area contributed by atoms with Crippen molar-refractivity contribution in [3.05, 3.63) is 36.5 Å². The summed E-state index contributed by atoms with van der Waals surface area (Å²) in [6, 6.07) is -0.828. The summed E-state index contributed by atoms with van der Waals surface area (Å²) >= 11 is 0. The molecule has 0 aromatic carbocycles. The third-order valence-corrected chi connectivity index (χ3v) is 17.9. The van der Waals surface area contributed by atoms with E-state index in [0.29, 0.717) is 6.42 Å². The summed E-state index contributed by atoms with van der Waals surface area (Å²) in [5.74, 6) is -0.182. The first-order chi connectivity index (χ1) is 41.3. The van der Waals surface area contributed by atoms with Crippen LogP contribution in [0.1, 0.15) is 380 Å². The monoisotopic (exact) mass is 1190 g/mol. The molecule has 0 aromatic rings. The Morgan fingerprint density at radius 3 is 1.00 bits per heavy atom. The Labute approximate surface area is 521 Å². The second kappa shape index (κ2) is 64.4. The van der Waals surface area contributed by atoms with Crippen molar-refractivity contribution in [2.45, 2.75) is 423 Å². The smallest absolute Gasteiger partial charge is 0.220 e. The number of allylic oxidation sites excluding steroid dienone is 5. The molecule has 1 fully saturated rings. The number of carbonyl (C=O) groups is 1. The molecule has 7 atom stereocenters. The summed E-state index contributed by atoms with van der Waals surface area (Å²) in [4.78, 5) is 13.1. The van der Waals surface area contributed by atoms with Crippen LogP contribution in [0.2, 0.25) is 0 Å². The largest absolute Gasteiger partial charge is 0.394 e. The first kappa shape index (κ1) is 80.4. The molecule has 6 N–H and O–H groups in total. The van der Waals surface area contributed by atoms with Crippen LogP contribution in [0.5, 0.6) is 0 Å². The number of amides is 1. The zero-order valence-electron chi connectivity index (χ0n) is 55.7. The Morgan fingerprint density at radius 1 is 0.393 bits per heavy atom. The first-order valence-corrected chi connectivity index (χ1v) is 37.2. The van der Waals surface area contributed by atoms with Gasteiger partial charge in [0.25, 0.3) is 0 Å². The van der Waals surface area contributed by atoms with Gasteiger partial charge in [0, 0.05) is 6.42 Å². The molecule has 7 unspecified atom stereocenters. The van der Waals surface area contributed by atoms with Crippen molar-refractivity contribution < 1.29 is 39.8 Å². The fourth-order valence-electron chi connectivity index (χ4n) is 12.1. The summed E-state index contributed by atoms with van der Waals surface area (Å²) in [5.41, 5.74) is 0.